The molecule has 0 amide bonds. The van der Waals surface area contributed by atoms with Gasteiger partial charge in [-0.05, 0) is 50.2 Å². The maximum absolute atomic E-state index is 13.4. The molecule has 0 aliphatic carbocycles. The number of ketones is 1. The zero-order valence-corrected chi connectivity index (χ0v) is 18.7. The minimum absolute atomic E-state index is 0.0239. The molecule has 2 aromatic rings. The summed E-state index contributed by atoms with van der Waals surface area (Å²) in [6, 6.07) is 14.7. The van der Waals surface area contributed by atoms with Gasteiger partial charge in [0.05, 0.1) is 19.3 Å². The second kappa shape index (κ2) is 9.76. The van der Waals surface area contributed by atoms with Crippen LogP contribution >= 0.6 is 12.2 Å². The number of carbonyl (C=O) groups is 1. The Bertz CT molecular complexity index is 956. The van der Waals surface area contributed by atoms with Gasteiger partial charge in [-0.15, -0.1) is 0 Å². The van der Waals surface area contributed by atoms with Gasteiger partial charge in [0, 0.05) is 23.9 Å². The van der Waals surface area contributed by atoms with E-state index in [0.717, 1.165) is 17.7 Å². The highest BCUT2D eigenvalue weighted by Gasteiger charge is 2.33. The Hall–Kier alpha value is -2.86. The van der Waals surface area contributed by atoms with Crippen molar-refractivity contribution in [2.75, 3.05) is 20.3 Å². The molecule has 6 heteroatoms. The molecule has 1 unspecified atom stereocenters. The second-order valence-corrected chi connectivity index (χ2v) is 7.51. The molecule has 1 N–H and O–H groups in total. The van der Waals surface area contributed by atoms with Gasteiger partial charge in [0.2, 0.25) is 0 Å². The summed E-state index contributed by atoms with van der Waals surface area (Å²) in [5.41, 5.74) is 3.05. The molecule has 30 heavy (non-hydrogen) atoms. The van der Waals surface area contributed by atoms with Crippen molar-refractivity contribution in [2.24, 2.45) is 0 Å². The van der Waals surface area contributed by atoms with Crippen LogP contribution in [-0.2, 0) is 0 Å². The molecule has 1 aliphatic rings. The zero-order valence-electron chi connectivity index (χ0n) is 17.9. The smallest absolute Gasteiger partial charge is 0.193 e. The number of nitrogens with zero attached hydrogens (tertiary/aromatic N) is 1. The van der Waals surface area contributed by atoms with Gasteiger partial charge in [0.1, 0.15) is 0 Å². The normalized spacial score (nSPS) is 16.3. The number of carbonyl (C=O) groups excluding carboxylic acids is 1. The van der Waals surface area contributed by atoms with E-state index in [1.54, 1.807) is 0 Å². The van der Waals surface area contributed by atoms with Gasteiger partial charge < -0.3 is 19.7 Å². The number of Topliss-reactive ketones (excluding diaryl/α,β-unsaturated/α-hetero) is 1. The summed E-state index contributed by atoms with van der Waals surface area (Å²) in [7, 11) is 1.87. The van der Waals surface area contributed by atoms with E-state index in [4.69, 9.17) is 21.7 Å². The van der Waals surface area contributed by atoms with Gasteiger partial charge in [-0.2, -0.15) is 0 Å². The van der Waals surface area contributed by atoms with Crippen molar-refractivity contribution >= 4 is 23.1 Å². The van der Waals surface area contributed by atoms with Crippen molar-refractivity contribution in [3.05, 3.63) is 70.9 Å². The van der Waals surface area contributed by atoms with Gasteiger partial charge in [-0.1, -0.05) is 43.3 Å². The number of rotatable bonds is 8. The largest absolute Gasteiger partial charge is 0.490 e. The fraction of sp³-hybridized carbons (Fsp3) is 0.333. The van der Waals surface area contributed by atoms with E-state index in [-0.39, 0.29) is 11.8 Å². The van der Waals surface area contributed by atoms with E-state index in [1.807, 2.05) is 74.3 Å². The van der Waals surface area contributed by atoms with Crippen molar-refractivity contribution < 1.29 is 14.3 Å². The number of hydrogen-bond donors (Lipinski definition) is 1. The summed E-state index contributed by atoms with van der Waals surface area (Å²) in [6.45, 7) is 7.07. The third kappa shape index (κ3) is 4.49. The van der Waals surface area contributed by atoms with Crippen LogP contribution in [0.1, 0.15) is 49.2 Å². The Labute approximate surface area is 183 Å². The Morgan fingerprint density at radius 3 is 2.50 bits per heavy atom. The van der Waals surface area contributed by atoms with Crippen LogP contribution in [0.15, 0.2) is 59.8 Å². The van der Waals surface area contributed by atoms with Crippen molar-refractivity contribution in [1.29, 1.82) is 0 Å². The molecular formula is C24H28N2O3S. The van der Waals surface area contributed by atoms with E-state index in [1.165, 1.54) is 0 Å². The quantitative estimate of drug-likeness (QED) is 0.481. The first-order valence-electron chi connectivity index (χ1n) is 10.2. The number of ether oxygens (including phenoxy) is 2. The van der Waals surface area contributed by atoms with E-state index in [9.17, 15) is 4.79 Å². The van der Waals surface area contributed by atoms with E-state index in [2.05, 4.69) is 12.2 Å². The third-order valence-corrected chi connectivity index (χ3v) is 5.49. The molecule has 0 aromatic heterocycles. The van der Waals surface area contributed by atoms with Crippen LogP contribution in [0.4, 0.5) is 0 Å². The summed E-state index contributed by atoms with van der Waals surface area (Å²) in [5, 5.41) is 3.90. The molecule has 0 fully saturated rings. The number of hydrogen-bond acceptors (Lipinski definition) is 4. The lowest BCUT2D eigenvalue weighted by Gasteiger charge is -2.36. The van der Waals surface area contributed by atoms with Crippen LogP contribution in [0.25, 0.3) is 0 Å². The van der Waals surface area contributed by atoms with E-state index < -0.39 is 0 Å². The van der Waals surface area contributed by atoms with Gasteiger partial charge in [0.15, 0.2) is 22.4 Å². The molecule has 1 heterocycles. The van der Waals surface area contributed by atoms with Gasteiger partial charge in [-0.3, -0.25) is 4.79 Å². The third-order valence-electron chi connectivity index (χ3n) is 5.10. The molecule has 0 bridgehead atoms. The van der Waals surface area contributed by atoms with E-state index >= 15 is 0 Å². The minimum Gasteiger partial charge on any atom is -0.490 e. The maximum atomic E-state index is 13.4. The summed E-state index contributed by atoms with van der Waals surface area (Å²) in [5.74, 6) is 1.35. The fourth-order valence-electron chi connectivity index (χ4n) is 3.43. The average Bonchev–Trinajstić information content (AvgIpc) is 2.76. The first-order chi connectivity index (χ1) is 14.5. The van der Waals surface area contributed by atoms with Gasteiger partial charge in [-0.25, -0.2) is 0 Å². The van der Waals surface area contributed by atoms with Crippen LogP contribution < -0.4 is 14.8 Å². The SMILES string of the molecule is CCCOc1ccc(C2NC(=S)N(C)C(C)=C2C(=O)c2ccccc2)cc1OCC. The number of allylic oxidation sites excluding steroid dienone is 1. The monoisotopic (exact) mass is 424 g/mol. The topological polar surface area (TPSA) is 50.8 Å². The van der Waals surface area contributed by atoms with Crippen LogP contribution in [-0.4, -0.2) is 36.1 Å². The molecule has 0 spiro atoms. The lowest BCUT2D eigenvalue weighted by Crippen LogP contribution is -2.45. The molecule has 0 saturated heterocycles. The van der Waals surface area contributed by atoms with Crippen LogP contribution in [0, 0.1) is 0 Å². The molecule has 3 rings (SSSR count). The second-order valence-electron chi connectivity index (χ2n) is 7.12. The van der Waals surface area contributed by atoms with Crippen molar-refractivity contribution in [1.82, 2.24) is 10.2 Å². The zero-order chi connectivity index (χ0) is 21.7. The highest BCUT2D eigenvalue weighted by Crippen LogP contribution is 2.37. The van der Waals surface area contributed by atoms with Crippen LogP contribution in [0.3, 0.4) is 0 Å². The first-order valence-corrected chi connectivity index (χ1v) is 10.6. The summed E-state index contributed by atoms with van der Waals surface area (Å²) in [6.07, 6.45) is 0.912. The van der Waals surface area contributed by atoms with Crippen molar-refractivity contribution in [2.45, 2.75) is 33.2 Å². The summed E-state index contributed by atoms with van der Waals surface area (Å²) >= 11 is 5.52. The summed E-state index contributed by atoms with van der Waals surface area (Å²) < 4.78 is 11.6. The molecular weight excluding hydrogens is 396 g/mol. The molecule has 2 aromatic carbocycles. The minimum atomic E-state index is -0.374. The lowest BCUT2D eigenvalue weighted by molar-refractivity contribution is 0.102. The Morgan fingerprint density at radius 1 is 1.10 bits per heavy atom. The lowest BCUT2D eigenvalue weighted by atomic mass is 9.89. The highest BCUT2D eigenvalue weighted by atomic mass is 32.1. The van der Waals surface area contributed by atoms with Crippen LogP contribution in [0.2, 0.25) is 0 Å². The number of benzene rings is 2. The molecule has 0 saturated carbocycles. The summed E-state index contributed by atoms with van der Waals surface area (Å²) in [4.78, 5) is 15.3. The maximum Gasteiger partial charge on any atom is 0.193 e. The molecule has 1 aliphatic heterocycles. The average molecular weight is 425 g/mol. The predicted molar refractivity (Wildman–Crippen MR) is 123 cm³/mol. The number of thiocarbonyl (C=S) groups is 1. The predicted octanol–water partition coefficient (Wildman–Crippen LogP) is 4.89. The van der Waals surface area contributed by atoms with E-state index in [0.29, 0.717) is 41.0 Å². The van der Waals surface area contributed by atoms with Crippen molar-refractivity contribution in [3.63, 3.8) is 0 Å². The molecule has 158 valence electrons. The van der Waals surface area contributed by atoms with Gasteiger partial charge in [0.25, 0.3) is 0 Å². The first kappa shape index (κ1) is 21.8. The standard InChI is InChI=1S/C24H28N2O3S/c1-5-14-29-19-13-12-18(15-20(19)28-6-2)22-21(16(3)26(4)24(30)25-22)23(27)17-10-8-7-9-11-17/h7-13,15,22H,5-6,14H2,1-4H3,(H,25,30). The van der Waals surface area contributed by atoms with Crippen molar-refractivity contribution in [3.8, 4) is 11.5 Å². The number of nitrogens with one attached hydrogen (secondary N) is 1. The Balaban J connectivity index is 2.06. The Kier molecular flexibility index (Phi) is 7.11. The van der Waals surface area contributed by atoms with Gasteiger partial charge >= 0.3 is 0 Å². The molecule has 0 radical (unpaired) electrons. The molecule has 5 nitrogen and oxygen atoms in total. The molecule has 1 atom stereocenters. The van der Waals surface area contributed by atoms with Crippen LogP contribution in [0.5, 0.6) is 11.5 Å². The fourth-order valence-corrected chi connectivity index (χ4v) is 3.68. The Morgan fingerprint density at radius 2 is 1.83 bits per heavy atom. The highest BCUT2D eigenvalue weighted by molar-refractivity contribution is 7.80.